The average molecular weight is 327 g/mol. The number of rotatable bonds is 5. The highest BCUT2D eigenvalue weighted by atomic mass is 35.5. The largest absolute Gasteiger partial charge is 0.465 e. The molecule has 0 bridgehead atoms. The van der Waals surface area contributed by atoms with Crippen molar-refractivity contribution in [1.82, 2.24) is 10.2 Å². The number of carbonyl (C=O) groups is 1. The van der Waals surface area contributed by atoms with E-state index < -0.39 is 0 Å². The van der Waals surface area contributed by atoms with Crippen molar-refractivity contribution in [3.05, 3.63) is 59.3 Å². The summed E-state index contributed by atoms with van der Waals surface area (Å²) in [5, 5.41) is 2.84. The van der Waals surface area contributed by atoms with Crippen molar-refractivity contribution >= 4 is 18.3 Å². The SMILES string of the molecule is Cc1ccc(C(CNC(=O)c2ccc(F)cc2)N(C)C)o1.Cl. The molecule has 1 atom stereocenters. The maximum Gasteiger partial charge on any atom is 0.251 e. The number of amides is 1. The van der Waals surface area contributed by atoms with Gasteiger partial charge in [0.05, 0.1) is 6.04 Å². The van der Waals surface area contributed by atoms with Gasteiger partial charge in [-0.2, -0.15) is 0 Å². The molecule has 1 unspecified atom stereocenters. The fourth-order valence-corrected chi connectivity index (χ4v) is 2.06. The summed E-state index contributed by atoms with van der Waals surface area (Å²) in [6.45, 7) is 2.30. The Morgan fingerprint density at radius 1 is 1.23 bits per heavy atom. The second kappa shape index (κ2) is 7.96. The van der Waals surface area contributed by atoms with Gasteiger partial charge in [-0.1, -0.05) is 0 Å². The van der Waals surface area contributed by atoms with Crippen LogP contribution in [0.25, 0.3) is 0 Å². The standard InChI is InChI=1S/C16H19FN2O2.ClH/c1-11-4-9-15(21-11)14(19(2)3)10-18-16(20)12-5-7-13(17)8-6-12;/h4-9,14H,10H2,1-3H3,(H,18,20);1H. The molecule has 0 saturated carbocycles. The van der Waals surface area contributed by atoms with Gasteiger partial charge in [0.2, 0.25) is 0 Å². The van der Waals surface area contributed by atoms with Crippen LogP contribution < -0.4 is 5.32 Å². The summed E-state index contributed by atoms with van der Waals surface area (Å²) < 4.78 is 18.5. The molecular weight excluding hydrogens is 307 g/mol. The molecule has 0 fully saturated rings. The van der Waals surface area contributed by atoms with E-state index in [-0.39, 0.29) is 30.2 Å². The lowest BCUT2D eigenvalue weighted by Crippen LogP contribution is -2.34. The van der Waals surface area contributed by atoms with Gasteiger partial charge in [-0.3, -0.25) is 9.69 Å². The van der Waals surface area contributed by atoms with Gasteiger partial charge in [-0.15, -0.1) is 12.4 Å². The summed E-state index contributed by atoms with van der Waals surface area (Å²) in [6, 6.07) is 9.22. The smallest absolute Gasteiger partial charge is 0.251 e. The first-order valence-corrected chi connectivity index (χ1v) is 6.74. The van der Waals surface area contributed by atoms with Gasteiger partial charge in [-0.25, -0.2) is 4.39 Å². The Bertz CT molecular complexity index is 611. The number of nitrogens with one attached hydrogen (secondary N) is 1. The number of carbonyl (C=O) groups excluding carboxylic acids is 1. The first-order valence-electron chi connectivity index (χ1n) is 6.74. The molecule has 2 aromatic rings. The van der Waals surface area contributed by atoms with Crippen molar-refractivity contribution in [3.8, 4) is 0 Å². The number of benzene rings is 1. The van der Waals surface area contributed by atoms with Gasteiger partial charge in [-0.05, 0) is 57.4 Å². The summed E-state index contributed by atoms with van der Waals surface area (Å²) in [6.07, 6.45) is 0. The van der Waals surface area contributed by atoms with Crippen LogP contribution in [0.15, 0.2) is 40.8 Å². The van der Waals surface area contributed by atoms with E-state index in [1.165, 1.54) is 24.3 Å². The minimum absolute atomic E-state index is 0. The van der Waals surface area contributed by atoms with Gasteiger partial charge in [0, 0.05) is 12.1 Å². The summed E-state index contributed by atoms with van der Waals surface area (Å²) in [7, 11) is 3.85. The van der Waals surface area contributed by atoms with E-state index in [1.54, 1.807) is 0 Å². The molecule has 0 spiro atoms. The summed E-state index contributed by atoms with van der Waals surface area (Å²) in [4.78, 5) is 14.0. The van der Waals surface area contributed by atoms with Crippen molar-refractivity contribution in [2.24, 2.45) is 0 Å². The third-order valence-corrected chi connectivity index (χ3v) is 3.28. The molecule has 0 aliphatic carbocycles. The van der Waals surface area contributed by atoms with E-state index in [4.69, 9.17) is 4.42 Å². The fourth-order valence-electron chi connectivity index (χ4n) is 2.06. The van der Waals surface area contributed by atoms with Gasteiger partial charge >= 0.3 is 0 Å². The van der Waals surface area contributed by atoms with E-state index in [0.29, 0.717) is 12.1 Å². The Morgan fingerprint density at radius 3 is 2.36 bits per heavy atom. The third-order valence-electron chi connectivity index (χ3n) is 3.28. The Kier molecular flexibility index (Phi) is 6.59. The van der Waals surface area contributed by atoms with Crippen LogP contribution in [0, 0.1) is 12.7 Å². The second-order valence-corrected chi connectivity index (χ2v) is 5.14. The summed E-state index contributed by atoms with van der Waals surface area (Å²) in [5.41, 5.74) is 0.435. The number of halogens is 2. The molecule has 1 amide bonds. The minimum Gasteiger partial charge on any atom is -0.465 e. The third kappa shape index (κ3) is 4.58. The molecule has 1 aromatic carbocycles. The molecule has 6 heteroatoms. The second-order valence-electron chi connectivity index (χ2n) is 5.14. The number of furan rings is 1. The lowest BCUT2D eigenvalue weighted by molar-refractivity contribution is 0.0939. The molecule has 1 heterocycles. The molecule has 0 saturated heterocycles. The number of aryl methyl sites for hydroxylation is 1. The van der Waals surface area contributed by atoms with Crippen LogP contribution in [-0.4, -0.2) is 31.4 Å². The molecule has 1 N–H and O–H groups in total. The fraction of sp³-hybridized carbons (Fsp3) is 0.312. The number of nitrogens with zero attached hydrogens (tertiary/aromatic N) is 1. The van der Waals surface area contributed by atoms with E-state index in [9.17, 15) is 9.18 Å². The van der Waals surface area contributed by atoms with Crippen LogP contribution in [0.5, 0.6) is 0 Å². The van der Waals surface area contributed by atoms with E-state index >= 15 is 0 Å². The number of hydrogen-bond acceptors (Lipinski definition) is 3. The van der Waals surface area contributed by atoms with E-state index in [1.807, 2.05) is 38.1 Å². The van der Waals surface area contributed by atoms with E-state index in [2.05, 4.69) is 5.32 Å². The molecule has 0 radical (unpaired) electrons. The Labute approximate surface area is 135 Å². The zero-order valence-electron chi connectivity index (χ0n) is 12.8. The number of hydrogen-bond donors (Lipinski definition) is 1. The van der Waals surface area contributed by atoms with Crippen molar-refractivity contribution < 1.29 is 13.6 Å². The quantitative estimate of drug-likeness (QED) is 0.918. The molecule has 22 heavy (non-hydrogen) atoms. The van der Waals surface area contributed by atoms with Crippen molar-refractivity contribution in [2.75, 3.05) is 20.6 Å². The molecule has 4 nitrogen and oxygen atoms in total. The molecule has 120 valence electrons. The highest BCUT2D eigenvalue weighted by Crippen LogP contribution is 2.20. The molecule has 2 rings (SSSR count). The van der Waals surface area contributed by atoms with Crippen LogP contribution in [0.4, 0.5) is 4.39 Å². The van der Waals surface area contributed by atoms with Gasteiger partial charge < -0.3 is 9.73 Å². The zero-order chi connectivity index (χ0) is 15.4. The average Bonchev–Trinajstić information content (AvgIpc) is 2.85. The Hall–Kier alpha value is -1.85. The van der Waals surface area contributed by atoms with Crippen LogP contribution in [-0.2, 0) is 0 Å². The Balaban J connectivity index is 0.00000242. The van der Waals surface area contributed by atoms with Crippen molar-refractivity contribution in [1.29, 1.82) is 0 Å². The predicted molar refractivity (Wildman–Crippen MR) is 85.9 cm³/mol. The molecule has 0 aliphatic rings. The van der Waals surface area contributed by atoms with Gasteiger partial charge in [0.15, 0.2) is 0 Å². The topological polar surface area (TPSA) is 45.5 Å². The van der Waals surface area contributed by atoms with Crippen molar-refractivity contribution in [3.63, 3.8) is 0 Å². The molecule has 0 aliphatic heterocycles. The number of likely N-dealkylation sites (N-methyl/N-ethyl adjacent to an activating group) is 1. The first-order chi connectivity index (χ1) is 9.97. The molecular formula is C16H20ClFN2O2. The molecule has 1 aromatic heterocycles. The lowest BCUT2D eigenvalue weighted by Gasteiger charge is -2.22. The predicted octanol–water partition coefficient (Wildman–Crippen LogP) is 3.18. The normalized spacial score (nSPS) is 11.9. The minimum atomic E-state index is -0.358. The monoisotopic (exact) mass is 326 g/mol. The van der Waals surface area contributed by atoms with Gasteiger partial charge in [0.25, 0.3) is 5.91 Å². The van der Waals surface area contributed by atoms with Gasteiger partial charge in [0.1, 0.15) is 17.3 Å². The van der Waals surface area contributed by atoms with E-state index in [0.717, 1.165) is 11.5 Å². The first kappa shape index (κ1) is 18.2. The Morgan fingerprint density at radius 2 is 1.86 bits per heavy atom. The van der Waals surface area contributed by atoms with Crippen LogP contribution in [0.3, 0.4) is 0 Å². The lowest BCUT2D eigenvalue weighted by atomic mass is 10.1. The summed E-state index contributed by atoms with van der Waals surface area (Å²) in [5.74, 6) is 1.05. The van der Waals surface area contributed by atoms with Crippen LogP contribution in [0.1, 0.15) is 27.9 Å². The highest BCUT2D eigenvalue weighted by molar-refractivity contribution is 5.94. The summed E-state index contributed by atoms with van der Waals surface area (Å²) >= 11 is 0. The van der Waals surface area contributed by atoms with Crippen molar-refractivity contribution in [2.45, 2.75) is 13.0 Å². The maximum absolute atomic E-state index is 12.8. The van der Waals surface area contributed by atoms with Crippen LogP contribution in [0.2, 0.25) is 0 Å². The maximum atomic E-state index is 12.8. The highest BCUT2D eigenvalue weighted by Gasteiger charge is 2.19. The zero-order valence-corrected chi connectivity index (χ0v) is 13.6. The van der Waals surface area contributed by atoms with Crippen LogP contribution >= 0.6 is 12.4 Å².